The standard InChI is InChI=1S/C34H35N3O6/c1-24(38)34(36-19-17-27(18-20-36)33(25-9-5-3-6-10-25)26-11-7-4-8-12-26)42-32-16-14-30(37(39)40)21-28(32)13-15-31-22-29(23-41-2)35-43-31/h3-16,21-22,24,34,38H,17-20,23H2,1-2H3/b15-13+. The van der Waals surface area contributed by atoms with Gasteiger partial charge in [0.1, 0.15) is 17.5 Å². The van der Waals surface area contributed by atoms with Crippen LogP contribution in [-0.2, 0) is 11.3 Å². The summed E-state index contributed by atoms with van der Waals surface area (Å²) in [6.07, 6.45) is 3.52. The molecule has 1 aliphatic rings. The second kappa shape index (κ2) is 14.1. The number of aromatic nitrogens is 1. The molecule has 4 aromatic rings. The van der Waals surface area contributed by atoms with E-state index in [1.165, 1.54) is 34.4 Å². The summed E-state index contributed by atoms with van der Waals surface area (Å²) in [6.45, 7) is 3.38. The van der Waals surface area contributed by atoms with Crippen molar-refractivity contribution in [2.24, 2.45) is 0 Å². The lowest BCUT2D eigenvalue weighted by molar-refractivity contribution is -0.384. The van der Waals surface area contributed by atoms with E-state index in [2.05, 4.69) is 58.6 Å². The third-order valence-corrected chi connectivity index (χ3v) is 7.40. The van der Waals surface area contributed by atoms with E-state index < -0.39 is 17.3 Å². The molecule has 2 unspecified atom stereocenters. The molecule has 1 N–H and O–H groups in total. The molecule has 2 atom stereocenters. The molecule has 5 rings (SSSR count). The Morgan fingerprint density at radius 1 is 1.02 bits per heavy atom. The zero-order valence-electron chi connectivity index (χ0n) is 24.3. The predicted molar refractivity (Wildman–Crippen MR) is 165 cm³/mol. The second-order valence-electron chi connectivity index (χ2n) is 10.5. The van der Waals surface area contributed by atoms with Gasteiger partial charge in [0.25, 0.3) is 5.69 Å². The summed E-state index contributed by atoms with van der Waals surface area (Å²) < 4.78 is 16.8. The van der Waals surface area contributed by atoms with Crippen molar-refractivity contribution >= 4 is 23.4 Å². The van der Waals surface area contributed by atoms with Crippen molar-refractivity contribution in [3.05, 3.63) is 129 Å². The maximum Gasteiger partial charge on any atom is 0.270 e. The molecule has 9 nitrogen and oxygen atoms in total. The first-order chi connectivity index (χ1) is 20.9. The van der Waals surface area contributed by atoms with Crippen LogP contribution in [0.25, 0.3) is 17.7 Å². The molecule has 1 aliphatic heterocycles. The molecule has 43 heavy (non-hydrogen) atoms. The van der Waals surface area contributed by atoms with Gasteiger partial charge in [-0.1, -0.05) is 71.4 Å². The van der Waals surface area contributed by atoms with Crippen LogP contribution in [0, 0.1) is 10.1 Å². The fraction of sp³-hybridized carbons (Fsp3) is 0.265. The highest BCUT2D eigenvalue weighted by atomic mass is 16.6. The molecule has 0 spiro atoms. The number of aliphatic hydroxyl groups excluding tert-OH is 1. The van der Waals surface area contributed by atoms with Gasteiger partial charge in [0.2, 0.25) is 0 Å². The molecular formula is C34H35N3O6. The Kier molecular flexibility index (Phi) is 9.78. The molecule has 0 radical (unpaired) electrons. The quantitative estimate of drug-likeness (QED) is 0.156. The monoisotopic (exact) mass is 581 g/mol. The number of non-ortho nitro benzene ring substituents is 1. The lowest BCUT2D eigenvalue weighted by Gasteiger charge is -2.37. The van der Waals surface area contributed by atoms with Crippen LogP contribution in [0.15, 0.2) is 95.0 Å². The van der Waals surface area contributed by atoms with Gasteiger partial charge in [-0.15, -0.1) is 0 Å². The minimum absolute atomic E-state index is 0.0691. The topological polar surface area (TPSA) is 111 Å². The lowest BCUT2D eigenvalue weighted by Crippen LogP contribution is -2.49. The average molecular weight is 582 g/mol. The van der Waals surface area contributed by atoms with Crippen LogP contribution >= 0.6 is 0 Å². The number of rotatable bonds is 11. The maximum atomic E-state index is 11.5. The van der Waals surface area contributed by atoms with Crippen LogP contribution < -0.4 is 4.74 Å². The zero-order chi connectivity index (χ0) is 30.2. The number of hydrogen-bond donors (Lipinski definition) is 1. The molecule has 3 aromatic carbocycles. The molecule has 222 valence electrons. The highest BCUT2D eigenvalue weighted by Crippen LogP contribution is 2.34. The Hall–Kier alpha value is -4.57. The van der Waals surface area contributed by atoms with E-state index in [4.69, 9.17) is 14.0 Å². The van der Waals surface area contributed by atoms with E-state index in [9.17, 15) is 15.2 Å². The largest absolute Gasteiger partial charge is 0.472 e. The summed E-state index contributed by atoms with van der Waals surface area (Å²) in [5, 5.41) is 26.3. The maximum absolute atomic E-state index is 11.5. The van der Waals surface area contributed by atoms with Crippen molar-refractivity contribution in [2.75, 3.05) is 20.2 Å². The predicted octanol–water partition coefficient (Wildman–Crippen LogP) is 6.58. The number of nitrogens with zero attached hydrogens (tertiary/aromatic N) is 3. The first-order valence-corrected chi connectivity index (χ1v) is 14.3. The van der Waals surface area contributed by atoms with Crippen molar-refractivity contribution in [1.29, 1.82) is 0 Å². The van der Waals surface area contributed by atoms with Crippen molar-refractivity contribution in [2.45, 2.75) is 38.7 Å². The fourth-order valence-electron chi connectivity index (χ4n) is 5.37. The Bertz CT molecular complexity index is 1530. The first-order valence-electron chi connectivity index (χ1n) is 14.3. The van der Waals surface area contributed by atoms with Gasteiger partial charge in [-0.3, -0.25) is 15.0 Å². The smallest absolute Gasteiger partial charge is 0.270 e. The Morgan fingerprint density at radius 3 is 2.26 bits per heavy atom. The number of nitro benzene ring substituents is 1. The van der Waals surface area contributed by atoms with Crippen LogP contribution in [0.2, 0.25) is 0 Å². The molecule has 0 saturated carbocycles. The number of methoxy groups -OCH3 is 1. The number of hydrogen-bond acceptors (Lipinski definition) is 8. The summed E-state index contributed by atoms with van der Waals surface area (Å²) in [4.78, 5) is 13.2. The van der Waals surface area contributed by atoms with Gasteiger partial charge in [-0.05, 0) is 54.7 Å². The number of aliphatic hydroxyl groups is 1. The summed E-state index contributed by atoms with van der Waals surface area (Å²) in [5.41, 5.74) is 6.02. The van der Waals surface area contributed by atoms with Gasteiger partial charge in [-0.25, -0.2) is 0 Å². The van der Waals surface area contributed by atoms with Gasteiger partial charge in [-0.2, -0.15) is 0 Å². The summed E-state index contributed by atoms with van der Waals surface area (Å²) in [7, 11) is 1.57. The van der Waals surface area contributed by atoms with E-state index in [0.717, 1.165) is 12.8 Å². The van der Waals surface area contributed by atoms with Crippen LogP contribution in [0.4, 0.5) is 5.69 Å². The van der Waals surface area contributed by atoms with Crippen LogP contribution in [0.3, 0.4) is 0 Å². The zero-order valence-corrected chi connectivity index (χ0v) is 24.3. The SMILES string of the molecule is COCc1cc(/C=C/c2cc([N+](=O)[O-])ccc2OC(C(C)O)N2CCC(=C(c3ccccc3)c3ccccc3)CC2)on1. The molecule has 2 heterocycles. The Labute approximate surface area is 250 Å². The number of piperidine rings is 1. The van der Waals surface area contributed by atoms with Crippen LogP contribution in [0.5, 0.6) is 5.75 Å². The second-order valence-corrected chi connectivity index (χ2v) is 10.5. The summed E-state index contributed by atoms with van der Waals surface area (Å²) >= 11 is 0. The number of likely N-dealkylation sites (tertiary alicyclic amines) is 1. The van der Waals surface area contributed by atoms with Gasteiger partial charge < -0.3 is 19.1 Å². The number of benzene rings is 3. The highest BCUT2D eigenvalue weighted by Gasteiger charge is 2.30. The van der Waals surface area contributed by atoms with E-state index in [1.54, 1.807) is 38.3 Å². The lowest BCUT2D eigenvalue weighted by atomic mass is 9.88. The fourth-order valence-corrected chi connectivity index (χ4v) is 5.37. The Balaban J connectivity index is 1.38. The number of ether oxygens (including phenoxy) is 2. The number of nitro groups is 1. The molecule has 0 amide bonds. The Morgan fingerprint density at radius 2 is 1.67 bits per heavy atom. The molecule has 9 heteroatoms. The summed E-state index contributed by atoms with van der Waals surface area (Å²) in [6, 6.07) is 27.0. The molecule has 1 fully saturated rings. The van der Waals surface area contributed by atoms with E-state index in [0.29, 0.717) is 42.5 Å². The first kappa shape index (κ1) is 29.9. The minimum Gasteiger partial charge on any atom is -0.472 e. The third kappa shape index (κ3) is 7.45. The van der Waals surface area contributed by atoms with Gasteiger partial charge in [0.15, 0.2) is 12.0 Å². The normalized spacial score (nSPS) is 15.4. The van der Waals surface area contributed by atoms with Crippen molar-refractivity contribution in [3.63, 3.8) is 0 Å². The minimum atomic E-state index is -0.814. The van der Waals surface area contributed by atoms with Crippen molar-refractivity contribution in [1.82, 2.24) is 10.1 Å². The van der Waals surface area contributed by atoms with Crippen LogP contribution in [0.1, 0.15) is 47.9 Å². The van der Waals surface area contributed by atoms with Gasteiger partial charge >= 0.3 is 0 Å². The summed E-state index contributed by atoms with van der Waals surface area (Å²) in [5.74, 6) is 0.888. The van der Waals surface area contributed by atoms with Crippen molar-refractivity contribution < 1.29 is 24.0 Å². The van der Waals surface area contributed by atoms with E-state index >= 15 is 0 Å². The van der Waals surface area contributed by atoms with Gasteiger partial charge in [0, 0.05) is 44.0 Å². The van der Waals surface area contributed by atoms with E-state index in [1.807, 2.05) is 12.1 Å². The third-order valence-electron chi connectivity index (χ3n) is 7.40. The van der Waals surface area contributed by atoms with Gasteiger partial charge in [0.05, 0.1) is 11.5 Å². The van der Waals surface area contributed by atoms with Crippen molar-refractivity contribution in [3.8, 4) is 5.75 Å². The molecule has 1 aromatic heterocycles. The molecule has 0 bridgehead atoms. The molecule has 1 saturated heterocycles. The van der Waals surface area contributed by atoms with E-state index in [-0.39, 0.29) is 5.69 Å². The highest BCUT2D eigenvalue weighted by molar-refractivity contribution is 5.82. The molecule has 0 aliphatic carbocycles. The van der Waals surface area contributed by atoms with Crippen LogP contribution in [-0.4, -0.2) is 52.6 Å². The molecular weight excluding hydrogens is 546 g/mol. The average Bonchev–Trinajstić information content (AvgIpc) is 3.48.